The Morgan fingerprint density at radius 3 is 2.94 bits per heavy atom. The Morgan fingerprint density at radius 2 is 2.31 bits per heavy atom. The Morgan fingerprint density at radius 1 is 1.56 bits per heavy atom. The molecule has 0 atom stereocenters. The number of benzene rings is 1. The van der Waals surface area contributed by atoms with Gasteiger partial charge in [0.1, 0.15) is 5.75 Å². The van der Waals surface area contributed by atoms with Crippen LogP contribution in [0.2, 0.25) is 0 Å². The van der Waals surface area contributed by atoms with E-state index in [1.165, 1.54) is 0 Å². The number of ether oxygens (including phenoxy) is 1. The summed E-state index contributed by atoms with van der Waals surface area (Å²) in [5.74, 6) is -0.292. The maximum atomic E-state index is 10.8. The van der Waals surface area contributed by atoms with Crippen LogP contribution in [0.1, 0.15) is 28.8 Å². The number of aryl methyl sites for hydroxylation is 1. The third-order valence-electron chi connectivity index (χ3n) is 2.25. The van der Waals surface area contributed by atoms with Crippen molar-refractivity contribution in [1.29, 1.82) is 0 Å². The number of carboxylic acid groups (broad SMARTS) is 1. The minimum atomic E-state index is -0.934. The lowest BCUT2D eigenvalue weighted by Crippen LogP contribution is -2.01. The summed E-state index contributed by atoms with van der Waals surface area (Å²) in [6.45, 7) is 6.10. The summed E-state index contributed by atoms with van der Waals surface area (Å²) >= 11 is 0. The van der Waals surface area contributed by atoms with Crippen molar-refractivity contribution in [2.75, 3.05) is 6.61 Å². The van der Waals surface area contributed by atoms with Gasteiger partial charge < -0.3 is 9.84 Å². The fraction of sp³-hybridized carbons (Fsp3) is 0.308. The quantitative estimate of drug-likeness (QED) is 0.592. The van der Waals surface area contributed by atoms with E-state index in [1.54, 1.807) is 18.2 Å². The van der Waals surface area contributed by atoms with Crippen molar-refractivity contribution in [3.63, 3.8) is 0 Å². The SMILES string of the molecule is C=CCCCOc1cc(C(=O)O)ccc1C. The molecular weight excluding hydrogens is 204 g/mol. The first-order valence-electron chi connectivity index (χ1n) is 5.23. The van der Waals surface area contributed by atoms with Crippen LogP contribution in [-0.4, -0.2) is 17.7 Å². The summed E-state index contributed by atoms with van der Waals surface area (Å²) in [4.78, 5) is 10.8. The highest BCUT2D eigenvalue weighted by Crippen LogP contribution is 2.19. The molecule has 3 nitrogen and oxygen atoms in total. The molecule has 0 aliphatic carbocycles. The molecule has 0 bridgehead atoms. The van der Waals surface area contributed by atoms with Gasteiger partial charge in [0, 0.05) is 0 Å². The molecule has 0 unspecified atom stereocenters. The standard InChI is InChI=1S/C13H16O3/c1-3-4-5-8-16-12-9-11(13(14)15)7-6-10(12)2/h3,6-7,9H,1,4-5,8H2,2H3,(H,14,15). The van der Waals surface area contributed by atoms with Crippen molar-refractivity contribution in [2.24, 2.45) is 0 Å². The minimum absolute atomic E-state index is 0.254. The average Bonchev–Trinajstić information content (AvgIpc) is 2.26. The second-order valence-corrected chi connectivity index (χ2v) is 3.56. The zero-order valence-electron chi connectivity index (χ0n) is 9.40. The van der Waals surface area contributed by atoms with E-state index in [2.05, 4.69) is 6.58 Å². The molecule has 86 valence electrons. The van der Waals surface area contributed by atoms with Gasteiger partial charge in [0.15, 0.2) is 0 Å². The van der Waals surface area contributed by atoms with Gasteiger partial charge >= 0.3 is 5.97 Å². The third kappa shape index (κ3) is 3.42. The van der Waals surface area contributed by atoms with Crippen LogP contribution in [-0.2, 0) is 0 Å². The normalized spacial score (nSPS) is 9.81. The van der Waals surface area contributed by atoms with Crippen LogP contribution < -0.4 is 4.74 Å². The summed E-state index contributed by atoms with van der Waals surface area (Å²) in [7, 11) is 0. The van der Waals surface area contributed by atoms with Gasteiger partial charge in [-0.05, 0) is 37.5 Å². The van der Waals surface area contributed by atoms with Gasteiger partial charge in [-0.2, -0.15) is 0 Å². The van der Waals surface area contributed by atoms with Gasteiger partial charge in [0.05, 0.1) is 12.2 Å². The molecule has 0 heterocycles. The Balaban J connectivity index is 2.66. The fourth-order valence-electron chi connectivity index (χ4n) is 1.30. The largest absolute Gasteiger partial charge is 0.493 e. The number of carbonyl (C=O) groups is 1. The van der Waals surface area contributed by atoms with Crippen LogP contribution in [0.5, 0.6) is 5.75 Å². The molecule has 0 fully saturated rings. The van der Waals surface area contributed by atoms with E-state index in [-0.39, 0.29) is 5.56 Å². The van der Waals surface area contributed by atoms with Crippen LogP contribution in [0, 0.1) is 6.92 Å². The average molecular weight is 220 g/mol. The number of rotatable bonds is 6. The maximum Gasteiger partial charge on any atom is 0.335 e. The van der Waals surface area contributed by atoms with E-state index < -0.39 is 5.97 Å². The van der Waals surface area contributed by atoms with Crippen LogP contribution in [0.15, 0.2) is 30.9 Å². The highest BCUT2D eigenvalue weighted by molar-refractivity contribution is 5.88. The molecule has 1 aromatic carbocycles. The van der Waals surface area contributed by atoms with Crippen molar-refractivity contribution in [1.82, 2.24) is 0 Å². The van der Waals surface area contributed by atoms with Crippen molar-refractivity contribution < 1.29 is 14.6 Å². The zero-order valence-corrected chi connectivity index (χ0v) is 9.40. The summed E-state index contributed by atoms with van der Waals surface area (Å²) in [5, 5.41) is 8.84. The Kier molecular flexibility index (Phi) is 4.58. The van der Waals surface area contributed by atoms with Crippen LogP contribution in [0.4, 0.5) is 0 Å². The highest BCUT2D eigenvalue weighted by Gasteiger charge is 2.06. The second-order valence-electron chi connectivity index (χ2n) is 3.56. The minimum Gasteiger partial charge on any atom is -0.493 e. The topological polar surface area (TPSA) is 46.5 Å². The highest BCUT2D eigenvalue weighted by atomic mass is 16.5. The molecule has 0 aromatic heterocycles. The summed E-state index contributed by atoms with van der Waals surface area (Å²) in [5.41, 5.74) is 1.20. The summed E-state index contributed by atoms with van der Waals surface area (Å²) in [6.07, 6.45) is 3.63. The number of hydrogen-bond donors (Lipinski definition) is 1. The van der Waals surface area contributed by atoms with Gasteiger partial charge in [0.25, 0.3) is 0 Å². The molecule has 0 aliphatic heterocycles. The molecule has 1 rings (SSSR count). The lowest BCUT2D eigenvalue weighted by atomic mass is 10.1. The molecule has 0 radical (unpaired) electrons. The fourth-order valence-corrected chi connectivity index (χ4v) is 1.30. The van der Waals surface area contributed by atoms with E-state index in [1.807, 2.05) is 13.0 Å². The first-order chi connectivity index (χ1) is 7.65. The van der Waals surface area contributed by atoms with E-state index >= 15 is 0 Å². The lowest BCUT2D eigenvalue weighted by Gasteiger charge is -2.09. The summed E-state index contributed by atoms with van der Waals surface area (Å²) in [6, 6.07) is 4.89. The van der Waals surface area contributed by atoms with Gasteiger partial charge in [-0.25, -0.2) is 4.79 Å². The molecular formula is C13H16O3. The molecule has 3 heteroatoms. The van der Waals surface area contributed by atoms with Gasteiger partial charge in [-0.15, -0.1) is 6.58 Å². The smallest absolute Gasteiger partial charge is 0.335 e. The summed E-state index contributed by atoms with van der Waals surface area (Å²) < 4.78 is 5.52. The molecule has 1 aromatic rings. The van der Waals surface area contributed by atoms with Gasteiger partial charge in [0.2, 0.25) is 0 Å². The van der Waals surface area contributed by atoms with Crippen molar-refractivity contribution in [3.05, 3.63) is 42.0 Å². The molecule has 0 saturated heterocycles. The maximum absolute atomic E-state index is 10.8. The van der Waals surface area contributed by atoms with Crippen molar-refractivity contribution >= 4 is 5.97 Å². The van der Waals surface area contributed by atoms with Crippen LogP contribution in [0.25, 0.3) is 0 Å². The van der Waals surface area contributed by atoms with Crippen molar-refractivity contribution in [3.8, 4) is 5.75 Å². The Bertz CT molecular complexity index is 383. The molecule has 1 N–H and O–H groups in total. The predicted molar refractivity (Wildman–Crippen MR) is 63.1 cm³/mol. The van der Waals surface area contributed by atoms with E-state index in [0.29, 0.717) is 12.4 Å². The number of hydrogen-bond acceptors (Lipinski definition) is 2. The predicted octanol–water partition coefficient (Wildman–Crippen LogP) is 3.04. The molecule has 0 aliphatic rings. The van der Waals surface area contributed by atoms with E-state index in [0.717, 1.165) is 18.4 Å². The Labute approximate surface area is 95.4 Å². The zero-order chi connectivity index (χ0) is 12.0. The molecule has 0 amide bonds. The molecule has 16 heavy (non-hydrogen) atoms. The van der Waals surface area contributed by atoms with E-state index in [9.17, 15) is 4.79 Å². The monoisotopic (exact) mass is 220 g/mol. The molecule has 0 spiro atoms. The third-order valence-corrected chi connectivity index (χ3v) is 2.25. The number of aromatic carboxylic acids is 1. The first kappa shape index (κ1) is 12.3. The van der Waals surface area contributed by atoms with Crippen molar-refractivity contribution in [2.45, 2.75) is 19.8 Å². The van der Waals surface area contributed by atoms with E-state index in [4.69, 9.17) is 9.84 Å². The second kappa shape index (κ2) is 5.95. The Hall–Kier alpha value is -1.77. The van der Waals surface area contributed by atoms with Crippen LogP contribution in [0.3, 0.4) is 0 Å². The first-order valence-corrected chi connectivity index (χ1v) is 5.23. The van der Waals surface area contributed by atoms with Gasteiger partial charge in [-0.1, -0.05) is 12.1 Å². The number of unbranched alkanes of at least 4 members (excludes halogenated alkanes) is 1. The van der Waals surface area contributed by atoms with Crippen LogP contribution >= 0.6 is 0 Å². The van der Waals surface area contributed by atoms with Gasteiger partial charge in [-0.3, -0.25) is 0 Å². The lowest BCUT2D eigenvalue weighted by molar-refractivity contribution is 0.0696. The number of carboxylic acids is 1. The molecule has 0 saturated carbocycles. The number of allylic oxidation sites excluding steroid dienone is 1.